The Morgan fingerprint density at radius 1 is 1.14 bits per heavy atom. The van der Waals surface area contributed by atoms with Crippen molar-refractivity contribution in [3.05, 3.63) is 41.5 Å². The molecule has 1 aromatic rings. The van der Waals surface area contributed by atoms with Gasteiger partial charge in [0.05, 0.1) is 23.1 Å². The Bertz CT molecular complexity index is 651. The number of carboxylic acid groups (broad SMARTS) is 1. The minimum absolute atomic E-state index is 0.112. The van der Waals surface area contributed by atoms with Gasteiger partial charge in [-0.1, -0.05) is 18.2 Å². The number of hydrogen-bond donors (Lipinski definition) is 1. The second-order valence-corrected chi connectivity index (χ2v) is 5.42. The van der Waals surface area contributed by atoms with Gasteiger partial charge in [-0.25, -0.2) is 9.69 Å². The third-order valence-electron chi connectivity index (χ3n) is 4.28. The topological polar surface area (TPSA) is 74.7 Å². The van der Waals surface area contributed by atoms with Gasteiger partial charge in [-0.15, -0.1) is 0 Å². The standard InChI is InChI=1S/C16H15NO4/c1-9-10(16(20)21)7-4-8-13(9)17-14(18)11-5-2-3-6-12(11)15(17)19/h2-4,7-8,11-12H,5-6H2,1H3,(H,20,21)/t11-,12+. The minimum atomic E-state index is -1.06. The van der Waals surface area contributed by atoms with Crippen molar-refractivity contribution in [3.63, 3.8) is 0 Å². The second-order valence-electron chi connectivity index (χ2n) is 5.42. The molecule has 1 aliphatic heterocycles. The zero-order valence-corrected chi connectivity index (χ0v) is 11.6. The zero-order chi connectivity index (χ0) is 15.1. The van der Waals surface area contributed by atoms with Crippen molar-refractivity contribution in [2.45, 2.75) is 19.8 Å². The molecule has 2 amide bonds. The van der Waals surface area contributed by atoms with Gasteiger partial charge < -0.3 is 5.11 Å². The zero-order valence-electron chi connectivity index (χ0n) is 11.6. The van der Waals surface area contributed by atoms with Crippen molar-refractivity contribution < 1.29 is 19.5 Å². The average molecular weight is 285 g/mol. The van der Waals surface area contributed by atoms with Crippen LogP contribution in [0, 0.1) is 18.8 Å². The molecule has 108 valence electrons. The molecule has 0 bridgehead atoms. The molecule has 1 aliphatic carbocycles. The van der Waals surface area contributed by atoms with Gasteiger partial charge in [0.15, 0.2) is 0 Å². The maximum atomic E-state index is 12.5. The van der Waals surface area contributed by atoms with E-state index in [0.717, 1.165) is 0 Å². The molecule has 2 aliphatic rings. The SMILES string of the molecule is Cc1c(C(=O)O)cccc1N1C(=O)[C@H]2CC=CC[C@H]2C1=O. The van der Waals surface area contributed by atoms with Crippen LogP contribution in [0.25, 0.3) is 0 Å². The van der Waals surface area contributed by atoms with Crippen LogP contribution in [0.15, 0.2) is 30.4 Å². The van der Waals surface area contributed by atoms with Crippen LogP contribution in [0.3, 0.4) is 0 Å². The summed E-state index contributed by atoms with van der Waals surface area (Å²) in [5.74, 6) is -2.13. The molecular weight excluding hydrogens is 270 g/mol. The molecule has 3 rings (SSSR count). The van der Waals surface area contributed by atoms with E-state index in [0.29, 0.717) is 24.1 Å². The highest BCUT2D eigenvalue weighted by atomic mass is 16.4. The van der Waals surface area contributed by atoms with E-state index in [1.54, 1.807) is 19.1 Å². The van der Waals surface area contributed by atoms with Crippen molar-refractivity contribution in [2.75, 3.05) is 4.90 Å². The molecule has 21 heavy (non-hydrogen) atoms. The summed E-state index contributed by atoms with van der Waals surface area (Å²) in [5.41, 5.74) is 0.943. The molecule has 1 fully saturated rings. The number of benzene rings is 1. The molecule has 1 saturated heterocycles. The molecule has 2 atom stereocenters. The molecule has 1 N–H and O–H groups in total. The first-order valence-electron chi connectivity index (χ1n) is 6.88. The first kappa shape index (κ1) is 13.5. The van der Waals surface area contributed by atoms with Crippen LogP contribution < -0.4 is 4.90 Å². The maximum absolute atomic E-state index is 12.5. The Kier molecular flexibility index (Phi) is 3.12. The summed E-state index contributed by atoms with van der Waals surface area (Å²) in [6, 6.07) is 4.66. The third-order valence-corrected chi connectivity index (χ3v) is 4.28. The molecule has 5 nitrogen and oxygen atoms in total. The van der Waals surface area contributed by atoms with Crippen molar-refractivity contribution in [2.24, 2.45) is 11.8 Å². The number of aromatic carboxylic acids is 1. The summed E-state index contributed by atoms with van der Waals surface area (Å²) >= 11 is 0. The number of carbonyl (C=O) groups is 3. The van der Waals surface area contributed by atoms with E-state index in [4.69, 9.17) is 0 Å². The van der Waals surface area contributed by atoms with Crippen LogP contribution in [0.1, 0.15) is 28.8 Å². The second kappa shape index (κ2) is 4.84. The van der Waals surface area contributed by atoms with Crippen LogP contribution in [-0.2, 0) is 9.59 Å². The molecule has 1 heterocycles. The lowest BCUT2D eigenvalue weighted by atomic mass is 9.85. The number of carboxylic acids is 1. The quantitative estimate of drug-likeness (QED) is 0.667. The highest BCUT2D eigenvalue weighted by Gasteiger charge is 2.48. The molecule has 0 aromatic heterocycles. The van der Waals surface area contributed by atoms with Gasteiger partial charge in [-0.2, -0.15) is 0 Å². The highest BCUT2D eigenvalue weighted by Crippen LogP contribution is 2.39. The normalized spacial score (nSPS) is 24.3. The molecule has 5 heteroatoms. The predicted octanol–water partition coefficient (Wildman–Crippen LogP) is 2.15. The van der Waals surface area contributed by atoms with E-state index in [9.17, 15) is 19.5 Å². The Labute approximate surface area is 121 Å². The van der Waals surface area contributed by atoms with E-state index in [1.807, 2.05) is 12.2 Å². The molecule has 0 unspecified atom stereocenters. The van der Waals surface area contributed by atoms with E-state index < -0.39 is 5.97 Å². The van der Waals surface area contributed by atoms with Gasteiger partial charge in [0.25, 0.3) is 0 Å². The fraction of sp³-hybridized carbons (Fsp3) is 0.312. The molecular formula is C16H15NO4. The summed E-state index contributed by atoms with van der Waals surface area (Å²) in [5, 5.41) is 9.17. The summed E-state index contributed by atoms with van der Waals surface area (Å²) in [4.78, 5) is 37.4. The number of rotatable bonds is 2. The lowest BCUT2D eigenvalue weighted by Crippen LogP contribution is -2.31. The number of nitrogens with zero attached hydrogens (tertiary/aromatic N) is 1. The summed E-state index contributed by atoms with van der Waals surface area (Å²) in [6.45, 7) is 1.62. The van der Waals surface area contributed by atoms with Crippen LogP contribution in [0.4, 0.5) is 5.69 Å². The number of allylic oxidation sites excluding steroid dienone is 2. The van der Waals surface area contributed by atoms with Gasteiger partial charge in [-0.3, -0.25) is 9.59 Å². The molecule has 0 saturated carbocycles. The largest absolute Gasteiger partial charge is 0.478 e. The molecule has 0 radical (unpaired) electrons. The van der Waals surface area contributed by atoms with E-state index in [2.05, 4.69) is 0 Å². The van der Waals surface area contributed by atoms with E-state index >= 15 is 0 Å². The predicted molar refractivity (Wildman–Crippen MR) is 76.0 cm³/mol. The fourth-order valence-electron chi connectivity index (χ4n) is 3.14. The summed E-state index contributed by atoms with van der Waals surface area (Å²) in [6.07, 6.45) is 5.00. The molecule has 1 aromatic carbocycles. The number of amides is 2. The van der Waals surface area contributed by atoms with Crippen molar-refractivity contribution in [1.82, 2.24) is 0 Å². The van der Waals surface area contributed by atoms with E-state index in [-0.39, 0.29) is 29.2 Å². The Hall–Kier alpha value is -2.43. The first-order chi connectivity index (χ1) is 10.0. The van der Waals surface area contributed by atoms with Crippen molar-refractivity contribution in [1.29, 1.82) is 0 Å². The Balaban J connectivity index is 2.06. The van der Waals surface area contributed by atoms with Gasteiger partial charge in [0.2, 0.25) is 11.8 Å². The first-order valence-corrected chi connectivity index (χ1v) is 6.88. The number of hydrogen-bond acceptors (Lipinski definition) is 3. The van der Waals surface area contributed by atoms with Gasteiger partial charge >= 0.3 is 5.97 Å². The van der Waals surface area contributed by atoms with Crippen LogP contribution in [0.2, 0.25) is 0 Å². The lowest BCUT2D eigenvalue weighted by molar-refractivity contribution is -0.122. The smallest absolute Gasteiger partial charge is 0.336 e. The van der Waals surface area contributed by atoms with E-state index in [1.165, 1.54) is 11.0 Å². The lowest BCUT2D eigenvalue weighted by Gasteiger charge is -2.18. The fourth-order valence-corrected chi connectivity index (χ4v) is 3.14. The highest BCUT2D eigenvalue weighted by molar-refractivity contribution is 6.22. The number of fused-ring (bicyclic) bond motifs is 1. The summed E-state index contributed by atoms with van der Waals surface area (Å²) < 4.78 is 0. The number of imide groups is 1. The van der Waals surface area contributed by atoms with Gasteiger partial charge in [0.1, 0.15) is 0 Å². The maximum Gasteiger partial charge on any atom is 0.336 e. The Morgan fingerprint density at radius 3 is 2.24 bits per heavy atom. The van der Waals surface area contributed by atoms with Crippen LogP contribution in [-0.4, -0.2) is 22.9 Å². The van der Waals surface area contributed by atoms with Gasteiger partial charge in [-0.05, 0) is 37.5 Å². The average Bonchev–Trinajstić information content (AvgIpc) is 2.72. The van der Waals surface area contributed by atoms with Gasteiger partial charge in [0, 0.05) is 0 Å². The monoisotopic (exact) mass is 285 g/mol. The third kappa shape index (κ3) is 1.96. The number of carbonyl (C=O) groups excluding carboxylic acids is 2. The van der Waals surface area contributed by atoms with Crippen molar-refractivity contribution in [3.8, 4) is 0 Å². The van der Waals surface area contributed by atoms with Crippen LogP contribution >= 0.6 is 0 Å². The summed E-state index contributed by atoms with van der Waals surface area (Å²) in [7, 11) is 0. The van der Waals surface area contributed by atoms with Crippen LogP contribution in [0.5, 0.6) is 0 Å². The molecule has 0 spiro atoms. The van der Waals surface area contributed by atoms with Crippen molar-refractivity contribution >= 4 is 23.5 Å². The Morgan fingerprint density at radius 2 is 1.71 bits per heavy atom. The minimum Gasteiger partial charge on any atom is -0.478 e. The number of anilines is 1.